The molecule has 1 atom stereocenters. The number of piperazine rings is 1. The molecule has 2 fully saturated rings. The van der Waals surface area contributed by atoms with Crippen molar-refractivity contribution in [2.45, 2.75) is 12.0 Å². The molecular formula is C20H33N5OS. The number of ether oxygens (including phenoxy) is 1. The molecule has 0 radical (unpaired) electrons. The predicted molar refractivity (Wildman–Crippen MR) is 117 cm³/mol. The summed E-state index contributed by atoms with van der Waals surface area (Å²) in [6, 6.07) is 8.32. The summed E-state index contributed by atoms with van der Waals surface area (Å²) in [6.07, 6.45) is 1.23. The van der Waals surface area contributed by atoms with E-state index in [0.717, 1.165) is 44.4 Å². The van der Waals surface area contributed by atoms with Crippen LogP contribution in [0, 0.1) is 0 Å². The van der Waals surface area contributed by atoms with Gasteiger partial charge in [0.1, 0.15) is 5.75 Å². The van der Waals surface area contributed by atoms with Gasteiger partial charge in [0.15, 0.2) is 5.96 Å². The molecule has 0 saturated carbocycles. The van der Waals surface area contributed by atoms with E-state index in [-0.39, 0.29) is 5.54 Å². The Kier molecular flexibility index (Phi) is 6.76. The SMILES string of the molecule is CN=C(NCC1(N(C)C)CCSC1)N1CCN(c2cccc(OC)c2)CC1. The second kappa shape index (κ2) is 9.06. The molecule has 150 valence electrons. The molecule has 0 aromatic heterocycles. The number of thioether (sulfide) groups is 1. The van der Waals surface area contributed by atoms with Crippen LogP contribution in [-0.4, -0.2) is 93.8 Å². The normalized spacial score (nSPS) is 23.8. The highest BCUT2D eigenvalue weighted by molar-refractivity contribution is 7.99. The highest BCUT2D eigenvalue weighted by Gasteiger charge is 2.37. The average Bonchev–Trinajstić information content (AvgIpc) is 3.19. The zero-order chi connectivity index (χ0) is 19.3. The van der Waals surface area contributed by atoms with Gasteiger partial charge >= 0.3 is 0 Å². The highest BCUT2D eigenvalue weighted by atomic mass is 32.2. The molecular weight excluding hydrogens is 358 g/mol. The number of benzene rings is 1. The summed E-state index contributed by atoms with van der Waals surface area (Å²) in [5.41, 5.74) is 1.47. The lowest BCUT2D eigenvalue weighted by Gasteiger charge is -2.40. The number of hydrogen-bond donors (Lipinski definition) is 1. The van der Waals surface area contributed by atoms with E-state index < -0.39 is 0 Å². The minimum atomic E-state index is 0.239. The first-order chi connectivity index (χ1) is 13.1. The summed E-state index contributed by atoms with van der Waals surface area (Å²) in [5.74, 6) is 4.37. The van der Waals surface area contributed by atoms with Crippen LogP contribution < -0.4 is 15.0 Å². The van der Waals surface area contributed by atoms with Crippen molar-refractivity contribution in [1.82, 2.24) is 15.1 Å². The van der Waals surface area contributed by atoms with Crippen LogP contribution in [0.1, 0.15) is 6.42 Å². The Morgan fingerprint density at radius 1 is 1.30 bits per heavy atom. The third-order valence-corrected chi connectivity index (χ3v) is 7.05. The number of hydrogen-bond acceptors (Lipinski definition) is 5. The van der Waals surface area contributed by atoms with E-state index in [4.69, 9.17) is 4.74 Å². The van der Waals surface area contributed by atoms with Crippen molar-refractivity contribution in [1.29, 1.82) is 0 Å². The van der Waals surface area contributed by atoms with Gasteiger partial charge in [-0.2, -0.15) is 11.8 Å². The first-order valence-electron chi connectivity index (χ1n) is 9.68. The second-order valence-electron chi connectivity index (χ2n) is 7.50. The zero-order valence-electron chi connectivity index (χ0n) is 17.1. The summed E-state index contributed by atoms with van der Waals surface area (Å²) < 4.78 is 5.36. The van der Waals surface area contributed by atoms with Gasteiger partial charge in [0.25, 0.3) is 0 Å². The molecule has 1 aromatic rings. The van der Waals surface area contributed by atoms with E-state index in [2.05, 4.69) is 69.1 Å². The summed E-state index contributed by atoms with van der Waals surface area (Å²) in [4.78, 5) is 11.7. The molecule has 6 nitrogen and oxygen atoms in total. The van der Waals surface area contributed by atoms with Crippen LogP contribution in [0.4, 0.5) is 5.69 Å². The van der Waals surface area contributed by atoms with E-state index in [1.54, 1.807) is 7.11 Å². The molecule has 2 heterocycles. The molecule has 0 bridgehead atoms. The van der Waals surface area contributed by atoms with Crippen LogP contribution in [0.3, 0.4) is 0 Å². The number of methoxy groups -OCH3 is 1. The Morgan fingerprint density at radius 3 is 2.67 bits per heavy atom. The number of nitrogens with zero attached hydrogens (tertiary/aromatic N) is 4. The summed E-state index contributed by atoms with van der Waals surface area (Å²) in [5, 5.41) is 3.66. The van der Waals surface area contributed by atoms with Crippen molar-refractivity contribution in [2.75, 3.05) is 77.4 Å². The maximum atomic E-state index is 5.36. The number of anilines is 1. The zero-order valence-corrected chi connectivity index (χ0v) is 17.9. The predicted octanol–water partition coefficient (Wildman–Crippen LogP) is 1.83. The van der Waals surface area contributed by atoms with Crippen LogP contribution in [0.2, 0.25) is 0 Å². The molecule has 1 aromatic carbocycles. The molecule has 3 rings (SSSR count). The Balaban J connectivity index is 1.55. The minimum Gasteiger partial charge on any atom is -0.497 e. The number of aliphatic imine (C=N–C) groups is 1. The molecule has 0 aliphatic carbocycles. The highest BCUT2D eigenvalue weighted by Crippen LogP contribution is 2.31. The van der Waals surface area contributed by atoms with E-state index in [9.17, 15) is 0 Å². The Labute approximate surface area is 167 Å². The maximum Gasteiger partial charge on any atom is 0.193 e. The van der Waals surface area contributed by atoms with Gasteiger partial charge in [0.2, 0.25) is 0 Å². The summed E-state index contributed by atoms with van der Waals surface area (Å²) >= 11 is 2.05. The molecule has 2 aliphatic heterocycles. The van der Waals surface area contributed by atoms with Gasteiger partial charge in [-0.15, -0.1) is 0 Å². The van der Waals surface area contributed by atoms with Crippen molar-refractivity contribution in [3.05, 3.63) is 24.3 Å². The monoisotopic (exact) mass is 391 g/mol. The van der Waals surface area contributed by atoms with Gasteiger partial charge in [-0.05, 0) is 38.4 Å². The van der Waals surface area contributed by atoms with Crippen LogP contribution in [0.5, 0.6) is 5.75 Å². The lowest BCUT2D eigenvalue weighted by molar-refractivity contribution is 0.181. The first-order valence-corrected chi connectivity index (χ1v) is 10.8. The first kappa shape index (κ1) is 20.1. The van der Waals surface area contributed by atoms with Crippen molar-refractivity contribution >= 4 is 23.4 Å². The number of likely N-dealkylation sites (N-methyl/N-ethyl adjacent to an activating group) is 1. The van der Waals surface area contributed by atoms with Crippen molar-refractivity contribution in [2.24, 2.45) is 4.99 Å². The second-order valence-corrected chi connectivity index (χ2v) is 8.60. The van der Waals surface area contributed by atoms with Crippen molar-refractivity contribution in [3.63, 3.8) is 0 Å². The van der Waals surface area contributed by atoms with Crippen molar-refractivity contribution in [3.8, 4) is 5.75 Å². The summed E-state index contributed by atoms with van der Waals surface area (Å²) in [7, 11) is 8.00. The van der Waals surface area contributed by atoms with Gasteiger partial charge in [0.05, 0.1) is 7.11 Å². The van der Waals surface area contributed by atoms with Gasteiger partial charge in [0, 0.05) is 62.8 Å². The number of nitrogens with one attached hydrogen (secondary N) is 1. The van der Waals surface area contributed by atoms with Gasteiger partial charge < -0.3 is 24.8 Å². The lowest BCUT2D eigenvalue weighted by Crippen LogP contribution is -2.57. The molecule has 1 unspecified atom stereocenters. The Morgan fingerprint density at radius 2 is 2.07 bits per heavy atom. The van der Waals surface area contributed by atoms with E-state index in [0.29, 0.717) is 0 Å². The van der Waals surface area contributed by atoms with E-state index in [1.807, 2.05) is 13.1 Å². The fraction of sp³-hybridized carbons (Fsp3) is 0.650. The lowest BCUT2D eigenvalue weighted by atomic mass is 9.97. The molecule has 7 heteroatoms. The Hall–Kier alpha value is -1.60. The van der Waals surface area contributed by atoms with Crippen LogP contribution in [0.15, 0.2) is 29.3 Å². The molecule has 0 amide bonds. The van der Waals surface area contributed by atoms with Crippen molar-refractivity contribution < 1.29 is 4.74 Å². The molecule has 0 spiro atoms. The minimum absolute atomic E-state index is 0.239. The van der Waals surface area contributed by atoms with E-state index >= 15 is 0 Å². The van der Waals surface area contributed by atoms with Crippen LogP contribution in [-0.2, 0) is 0 Å². The topological polar surface area (TPSA) is 43.3 Å². The standard InChI is InChI=1S/C20H33N5OS/c1-21-19(22-15-20(23(2)3)8-13-27-16-20)25-11-9-24(10-12-25)17-6-5-7-18(14-17)26-4/h5-7,14H,8-13,15-16H2,1-4H3,(H,21,22). The maximum absolute atomic E-state index is 5.36. The number of rotatable bonds is 5. The fourth-order valence-corrected chi connectivity index (χ4v) is 5.36. The fourth-order valence-electron chi connectivity index (χ4n) is 3.81. The quantitative estimate of drug-likeness (QED) is 0.610. The van der Waals surface area contributed by atoms with Gasteiger partial charge in [-0.1, -0.05) is 6.07 Å². The summed E-state index contributed by atoms with van der Waals surface area (Å²) in [6.45, 7) is 4.88. The third-order valence-electron chi connectivity index (χ3n) is 5.82. The number of guanidine groups is 1. The van der Waals surface area contributed by atoms with Gasteiger partial charge in [-0.3, -0.25) is 4.99 Å². The molecule has 27 heavy (non-hydrogen) atoms. The molecule has 2 saturated heterocycles. The third kappa shape index (κ3) is 4.63. The largest absolute Gasteiger partial charge is 0.497 e. The Bertz CT molecular complexity index is 637. The van der Waals surface area contributed by atoms with Gasteiger partial charge in [-0.25, -0.2) is 0 Å². The molecule has 2 aliphatic rings. The molecule has 1 N–H and O–H groups in total. The van der Waals surface area contributed by atoms with E-state index in [1.165, 1.54) is 23.6 Å². The smallest absolute Gasteiger partial charge is 0.193 e. The van der Waals surface area contributed by atoms with Crippen LogP contribution in [0.25, 0.3) is 0 Å². The average molecular weight is 392 g/mol. The van der Waals surface area contributed by atoms with Crippen LogP contribution >= 0.6 is 11.8 Å².